The first-order chi connectivity index (χ1) is 12.2. The van der Waals surface area contributed by atoms with E-state index in [0.29, 0.717) is 16.3 Å². The van der Waals surface area contributed by atoms with Crippen LogP contribution in [-0.2, 0) is 14.8 Å². The quantitative estimate of drug-likeness (QED) is 0.462. The third kappa shape index (κ3) is 4.02. The Morgan fingerprint density at radius 1 is 1.23 bits per heavy atom. The van der Waals surface area contributed by atoms with Crippen molar-refractivity contribution in [2.45, 2.75) is 11.8 Å². The highest BCUT2D eigenvalue weighted by atomic mass is 32.2. The highest BCUT2D eigenvalue weighted by Gasteiger charge is 2.11. The molecule has 0 fully saturated rings. The van der Waals surface area contributed by atoms with E-state index in [4.69, 9.17) is 5.14 Å². The van der Waals surface area contributed by atoms with Crippen LogP contribution in [0.25, 0.3) is 10.2 Å². The minimum Gasteiger partial charge on any atom is -0.506 e. The van der Waals surface area contributed by atoms with Crippen LogP contribution in [0, 0.1) is 0 Å². The van der Waals surface area contributed by atoms with E-state index in [1.807, 2.05) is 0 Å². The largest absolute Gasteiger partial charge is 0.506 e. The van der Waals surface area contributed by atoms with Gasteiger partial charge >= 0.3 is 0 Å². The van der Waals surface area contributed by atoms with Crippen LogP contribution in [0.5, 0.6) is 5.75 Å². The summed E-state index contributed by atoms with van der Waals surface area (Å²) in [6.45, 7) is 1.32. The number of azo groups is 1. The number of sulfonamides is 1. The molecule has 1 heterocycles. The van der Waals surface area contributed by atoms with Gasteiger partial charge in [0, 0.05) is 6.92 Å². The molecule has 3 aromatic rings. The average Bonchev–Trinajstić information content (AvgIpc) is 2.96. The zero-order valence-corrected chi connectivity index (χ0v) is 15.0. The monoisotopic (exact) mass is 391 g/mol. The summed E-state index contributed by atoms with van der Waals surface area (Å²) >= 11 is 1.23. The van der Waals surface area contributed by atoms with Crippen LogP contribution in [0.15, 0.2) is 51.5 Å². The van der Waals surface area contributed by atoms with Crippen molar-refractivity contribution in [2.75, 3.05) is 5.32 Å². The molecule has 1 aromatic heterocycles. The van der Waals surface area contributed by atoms with E-state index < -0.39 is 10.0 Å². The lowest BCUT2D eigenvalue weighted by atomic mass is 10.2. The van der Waals surface area contributed by atoms with Gasteiger partial charge in [-0.25, -0.2) is 18.5 Å². The number of nitrogens with one attached hydrogen (secondary N) is 1. The summed E-state index contributed by atoms with van der Waals surface area (Å²) < 4.78 is 23.5. The zero-order chi connectivity index (χ0) is 18.9. The topological polar surface area (TPSA) is 147 Å². The van der Waals surface area contributed by atoms with Crippen LogP contribution in [-0.4, -0.2) is 24.4 Å². The third-order valence-corrected chi connectivity index (χ3v) is 5.05. The van der Waals surface area contributed by atoms with Gasteiger partial charge in [0.2, 0.25) is 21.1 Å². The molecule has 0 saturated carbocycles. The van der Waals surface area contributed by atoms with Gasteiger partial charge in [0.05, 0.1) is 26.5 Å². The van der Waals surface area contributed by atoms with Crippen molar-refractivity contribution in [1.82, 2.24) is 4.98 Å². The molecule has 9 nitrogen and oxygen atoms in total. The van der Waals surface area contributed by atoms with E-state index in [9.17, 15) is 18.3 Å². The lowest BCUT2D eigenvalue weighted by Crippen LogP contribution is -2.11. The second-order valence-corrected chi connectivity index (χ2v) is 7.82. The Hall–Kier alpha value is -2.89. The van der Waals surface area contributed by atoms with E-state index >= 15 is 0 Å². The first kappa shape index (κ1) is 17.9. The number of phenols is 1. The molecule has 0 radical (unpaired) electrons. The number of aromatic hydroxyl groups is 1. The summed E-state index contributed by atoms with van der Waals surface area (Å²) in [5, 5.41) is 25.6. The highest BCUT2D eigenvalue weighted by Crippen LogP contribution is 2.32. The Bertz CT molecular complexity index is 1140. The number of anilines is 1. The van der Waals surface area contributed by atoms with Gasteiger partial charge in [-0.2, -0.15) is 0 Å². The Labute approximate surface area is 152 Å². The van der Waals surface area contributed by atoms with Gasteiger partial charge < -0.3 is 10.4 Å². The maximum absolute atomic E-state index is 11.4. The Balaban J connectivity index is 1.90. The fourth-order valence-electron chi connectivity index (χ4n) is 2.09. The minimum absolute atomic E-state index is 0.0303. The second-order valence-electron chi connectivity index (χ2n) is 5.25. The molecule has 134 valence electrons. The molecule has 0 bridgehead atoms. The number of hydrogen-bond donors (Lipinski definition) is 3. The van der Waals surface area contributed by atoms with E-state index in [-0.39, 0.29) is 22.2 Å². The molecule has 11 heteroatoms. The molecule has 0 aliphatic rings. The standard InChI is InChI=1S/C15H13N5O4S2/c1-8(21)17-11-6-9(2-4-13(11)22)19-20-15-18-12-7-10(26(16,23)24)3-5-14(12)25-15/h2-7,22H,1H3,(H,17,21)(H2,16,23,24). The number of nitrogens with zero attached hydrogens (tertiary/aromatic N) is 3. The van der Waals surface area contributed by atoms with Gasteiger partial charge in [0.15, 0.2) is 0 Å². The summed E-state index contributed by atoms with van der Waals surface area (Å²) in [5.74, 6) is -0.416. The molecule has 0 atom stereocenters. The summed E-state index contributed by atoms with van der Waals surface area (Å²) in [6, 6.07) is 8.74. The van der Waals surface area contributed by atoms with Crippen LogP contribution < -0.4 is 10.5 Å². The summed E-state index contributed by atoms with van der Waals surface area (Å²) in [5.41, 5.74) is 1.06. The molecule has 0 spiro atoms. The SMILES string of the molecule is CC(=O)Nc1cc(N=Nc2nc3cc(S(N)(=O)=O)ccc3s2)ccc1O. The number of aromatic nitrogens is 1. The Kier molecular flexibility index (Phi) is 4.68. The highest BCUT2D eigenvalue weighted by molar-refractivity contribution is 7.89. The molecule has 0 aliphatic heterocycles. The number of carbonyl (C=O) groups excluding carboxylic acids is 1. The third-order valence-electron chi connectivity index (χ3n) is 3.22. The van der Waals surface area contributed by atoms with E-state index in [1.54, 1.807) is 6.07 Å². The number of primary sulfonamides is 1. The van der Waals surface area contributed by atoms with E-state index in [2.05, 4.69) is 20.5 Å². The number of nitrogens with two attached hydrogens (primary N) is 1. The molecule has 0 unspecified atom stereocenters. The number of carbonyl (C=O) groups is 1. The van der Waals surface area contributed by atoms with Crippen molar-refractivity contribution in [3.05, 3.63) is 36.4 Å². The van der Waals surface area contributed by atoms with E-state index in [0.717, 1.165) is 4.70 Å². The molecule has 26 heavy (non-hydrogen) atoms. The maximum Gasteiger partial charge on any atom is 0.238 e. The predicted octanol–water partition coefficient (Wildman–Crippen LogP) is 3.02. The first-order valence-corrected chi connectivity index (χ1v) is 9.54. The van der Waals surface area contributed by atoms with Crippen molar-refractivity contribution in [2.24, 2.45) is 15.4 Å². The molecular formula is C15H13N5O4S2. The number of hydrogen-bond acceptors (Lipinski definition) is 8. The average molecular weight is 391 g/mol. The number of thiazole rings is 1. The van der Waals surface area contributed by atoms with Crippen LogP contribution in [0.1, 0.15) is 6.92 Å². The minimum atomic E-state index is -3.81. The van der Waals surface area contributed by atoms with Crippen LogP contribution in [0.2, 0.25) is 0 Å². The summed E-state index contributed by atoms with van der Waals surface area (Å²) in [7, 11) is -3.81. The normalized spacial score (nSPS) is 11.9. The maximum atomic E-state index is 11.4. The smallest absolute Gasteiger partial charge is 0.238 e. The van der Waals surface area contributed by atoms with Crippen molar-refractivity contribution < 1.29 is 18.3 Å². The van der Waals surface area contributed by atoms with Crippen molar-refractivity contribution in [3.63, 3.8) is 0 Å². The van der Waals surface area contributed by atoms with Crippen LogP contribution in [0.4, 0.5) is 16.5 Å². The molecule has 2 aromatic carbocycles. The Morgan fingerprint density at radius 3 is 2.69 bits per heavy atom. The van der Waals surface area contributed by atoms with Gasteiger partial charge in [-0.15, -0.1) is 10.2 Å². The van der Waals surface area contributed by atoms with Crippen LogP contribution >= 0.6 is 11.3 Å². The van der Waals surface area contributed by atoms with Gasteiger partial charge in [0.25, 0.3) is 0 Å². The molecule has 0 saturated heterocycles. The summed E-state index contributed by atoms with van der Waals surface area (Å²) in [6.07, 6.45) is 0. The predicted molar refractivity (Wildman–Crippen MR) is 97.6 cm³/mol. The van der Waals surface area contributed by atoms with Crippen LogP contribution in [0.3, 0.4) is 0 Å². The van der Waals surface area contributed by atoms with Crippen molar-refractivity contribution >= 4 is 54.0 Å². The second kappa shape index (κ2) is 6.78. The fraction of sp³-hybridized carbons (Fsp3) is 0.0667. The summed E-state index contributed by atoms with van der Waals surface area (Å²) in [4.78, 5) is 15.3. The fourth-order valence-corrected chi connectivity index (χ4v) is 3.39. The van der Waals surface area contributed by atoms with Crippen molar-refractivity contribution in [1.29, 1.82) is 0 Å². The molecular weight excluding hydrogens is 378 g/mol. The number of fused-ring (bicyclic) bond motifs is 1. The van der Waals surface area contributed by atoms with Crippen molar-refractivity contribution in [3.8, 4) is 5.75 Å². The number of benzene rings is 2. The van der Waals surface area contributed by atoms with Gasteiger partial charge in [-0.05, 0) is 36.4 Å². The van der Waals surface area contributed by atoms with Gasteiger partial charge in [-0.3, -0.25) is 4.79 Å². The van der Waals surface area contributed by atoms with E-state index in [1.165, 1.54) is 48.6 Å². The first-order valence-electron chi connectivity index (χ1n) is 7.18. The molecule has 1 amide bonds. The lowest BCUT2D eigenvalue weighted by molar-refractivity contribution is -0.114. The molecule has 4 N–H and O–H groups in total. The number of amides is 1. The number of phenolic OH excluding ortho intramolecular Hbond substituents is 1. The lowest BCUT2D eigenvalue weighted by Gasteiger charge is -2.04. The van der Waals surface area contributed by atoms with Gasteiger partial charge in [-0.1, -0.05) is 11.3 Å². The van der Waals surface area contributed by atoms with Gasteiger partial charge in [0.1, 0.15) is 5.75 Å². The number of rotatable bonds is 4. The molecule has 3 rings (SSSR count). The Morgan fingerprint density at radius 2 is 2.00 bits per heavy atom. The molecule has 0 aliphatic carbocycles. The zero-order valence-electron chi connectivity index (χ0n) is 13.4.